The summed E-state index contributed by atoms with van der Waals surface area (Å²) in [6.07, 6.45) is 2.32. The topological polar surface area (TPSA) is 55.4 Å². The monoisotopic (exact) mass is 449 g/mol. The molecule has 1 amide bonds. The van der Waals surface area contributed by atoms with Gasteiger partial charge in [0.2, 0.25) is 0 Å². The summed E-state index contributed by atoms with van der Waals surface area (Å²) < 4.78 is 5.96. The Hall–Kier alpha value is -2.11. The molecule has 0 radical (unpaired) electrons. The molecule has 4 nitrogen and oxygen atoms in total. The molecule has 0 saturated carbocycles. The van der Waals surface area contributed by atoms with Crippen molar-refractivity contribution < 1.29 is 14.3 Å². The van der Waals surface area contributed by atoms with Crippen molar-refractivity contribution in [2.45, 2.75) is 20.3 Å². The second-order valence-electron chi connectivity index (χ2n) is 6.36. The summed E-state index contributed by atoms with van der Waals surface area (Å²) in [5, 5.41) is 3.25. The Kier molecular flexibility index (Phi) is 8.07. The number of hydrogen-bond donors (Lipinski definition) is 1. The highest BCUT2D eigenvalue weighted by Crippen LogP contribution is 2.17. The predicted octanol–water partition coefficient (Wildman–Crippen LogP) is 5.46. The number of carbonyl (C=O) groups excluding carboxylic acids is 2. The van der Waals surface area contributed by atoms with Gasteiger partial charge in [-0.3, -0.25) is 4.79 Å². The van der Waals surface area contributed by atoms with Gasteiger partial charge in [0.25, 0.3) is 5.91 Å². The van der Waals surface area contributed by atoms with Crippen LogP contribution in [0, 0.1) is 5.92 Å². The van der Waals surface area contributed by atoms with E-state index in [1.54, 1.807) is 48.5 Å². The van der Waals surface area contributed by atoms with Crippen LogP contribution in [0.15, 0.2) is 58.7 Å². The average Bonchev–Trinajstić information content (AvgIpc) is 2.62. The molecule has 142 valence electrons. The minimum absolute atomic E-state index is 0.0711. The third kappa shape index (κ3) is 6.85. The van der Waals surface area contributed by atoms with Gasteiger partial charge in [0.1, 0.15) is 5.70 Å². The van der Waals surface area contributed by atoms with Crippen LogP contribution in [0.3, 0.4) is 0 Å². The molecule has 0 atom stereocenters. The number of nitrogens with one attached hydrogen (secondary N) is 1. The first-order valence-electron chi connectivity index (χ1n) is 8.57. The van der Waals surface area contributed by atoms with E-state index in [-0.39, 0.29) is 5.70 Å². The molecule has 1 N–H and O–H groups in total. The molecule has 0 saturated heterocycles. The first-order chi connectivity index (χ1) is 12.9. The fraction of sp³-hybridized carbons (Fsp3) is 0.238. The molecule has 2 aromatic carbocycles. The van der Waals surface area contributed by atoms with Gasteiger partial charge in [0, 0.05) is 9.50 Å². The van der Waals surface area contributed by atoms with E-state index in [4.69, 9.17) is 16.3 Å². The van der Waals surface area contributed by atoms with Crippen LogP contribution in [0.2, 0.25) is 5.02 Å². The predicted molar refractivity (Wildman–Crippen MR) is 111 cm³/mol. The summed E-state index contributed by atoms with van der Waals surface area (Å²) in [7, 11) is 0. The van der Waals surface area contributed by atoms with E-state index in [1.165, 1.54) is 0 Å². The first kappa shape index (κ1) is 21.2. The number of rotatable bonds is 7. The van der Waals surface area contributed by atoms with Crippen LogP contribution >= 0.6 is 27.5 Å². The summed E-state index contributed by atoms with van der Waals surface area (Å²) >= 11 is 9.25. The lowest BCUT2D eigenvalue weighted by molar-refractivity contribution is -0.139. The molecule has 0 unspecified atom stereocenters. The molecule has 2 rings (SSSR count). The van der Waals surface area contributed by atoms with Crippen molar-refractivity contribution >= 4 is 45.5 Å². The van der Waals surface area contributed by atoms with Gasteiger partial charge in [-0.25, -0.2) is 4.79 Å². The van der Waals surface area contributed by atoms with E-state index in [0.717, 1.165) is 12.0 Å². The lowest BCUT2D eigenvalue weighted by Gasteiger charge is -2.12. The zero-order valence-electron chi connectivity index (χ0n) is 15.2. The molecule has 0 aliphatic carbocycles. The van der Waals surface area contributed by atoms with Crippen molar-refractivity contribution in [3.8, 4) is 0 Å². The Morgan fingerprint density at radius 2 is 1.81 bits per heavy atom. The van der Waals surface area contributed by atoms with Crippen molar-refractivity contribution in [1.29, 1.82) is 0 Å². The van der Waals surface area contributed by atoms with Crippen LogP contribution in [0.25, 0.3) is 6.08 Å². The van der Waals surface area contributed by atoms with Crippen LogP contribution in [-0.2, 0) is 9.53 Å². The van der Waals surface area contributed by atoms with Crippen LogP contribution in [0.5, 0.6) is 0 Å². The van der Waals surface area contributed by atoms with Crippen LogP contribution in [0.1, 0.15) is 36.2 Å². The minimum Gasteiger partial charge on any atom is -0.461 e. The Morgan fingerprint density at radius 3 is 2.44 bits per heavy atom. The highest BCUT2D eigenvalue weighted by molar-refractivity contribution is 9.10. The second-order valence-corrected chi connectivity index (χ2v) is 7.65. The number of halogens is 2. The van der Waals surface area contributed by atoms with Gasteiger partial charge in [-0.2, -0.15) is 0 Å². The molecule has 0 spiro atoms. The third-order valence-corrected chi connectivity index (χ3v) is 4.64. The van der Waals surface area contributed by atoms with Crippen molar-refractivity contribution in [3.05, 3.63) is 74.9 Å². The Morgan fingerprint density at radius 1 is 1.15 bits per heavy atom. The van der Waals surface area contributed by atoms with Crippen LogP contribution in [0.4, 0.5) is 0 Å². The maximum absolute atomic E-state index is 12.6. The maximum Gasteiger partial charge on any atom is 0.354 e. The van der Waals surface area contributed by atoms with E-state index in [1.807, 2.05) is 19.9 Å². The SMILES string of the molecule is CC(C)CCOC(=O)/C(=C\c1ccc(Cl)cc1)NC(=O)c1ccccc1Br. The molecule has 0 aromatic heterocycles. The van der Waals surface area contributed by atoms with Crippen molar-refractivity contribution in [1.82, 2.24) is 5.32 Å². The summed E-state index contributed by atoms with van der Waals surface area (Å²) in [4.78, 5) is 25.1. The van der Waals surface area contributed by atoms with Crippen molar-refractivity contribution in [2.75, 3.05) is 6.61 Å². The number of carbonyl (C=O) groups is 2. The molecule has 0 bridgehead atoms. The summed E-state index contributed by atoms with van der Waals surface area (Å²) in [6, 6.07) is 13.9. The summed E-state index contributed by atoms with van der Waals surface area (Å²) in [6.45, 7) is 4.39. The van der Waals surface area contributed by atoms with Gasteiger partial charge < -0.3 is 10.1 Å². The number of ether oxygens (including phenoxy) is 1. The highest BCUT2D eigenvalue weighted by Gasteiger charge is 2.17. The van der Waals surface area contributed by atoms with Gasteiger partial charge >= 0.3 is 5.97 Å². The number of esters is 1. The average molecular weight is 451 g/mol. The van der Waals surface area contributed by atoms with Crippen LogP contribution in [-0.4, -0.2) is 18.5 Å². The fourth-order valence-electron chi connectivity index (χ4n) is 2.17. The molecule has 27 heavy (non-hydrogen) atoms. The maximum atomic E-state index is 12.6. The van der Waals surface area contributed by atoms with Gasteiger partial charge in [0.15, 0.2) is 0 Å². The van der Waals surface area contributed by atoms with Gasteiger partial charge in [0.05, 0.1) is 12.2 Å². The molecule has 0 fully saturated rings. The normalized spacial score (nSPS) is 11.4. The smallest absolute Gasteiger partial charge is 0.354 e. The van der Waals surface area contributed by atoms with Crippen molar-refractivity contribution in [2.24, 2.45) is 5.92 Å². The zero-order chi connectivity index (χ0) is 19.8. The number of hydrogen-bond acceptors (Lipinski definition) is 3. The quantitative estimate of drug-likeness (QED) is 0.450. The lowest BCUT2D eigenvalue weighted by Crippen LogP contribution is -2.29. The van der Waals surface area contributed by atoms with Gasteiger partial charge in [-0.05, 0) is 64.2 Å². The molecule has 0 aliphatic heterocycles. The minimum atomic E-state index is -0.578. The third-order valence-electron chi connectivity index (χ3n) is 3.70. The van der Waals surface area contributed by atoms with E-state index < -0.39 is 11.9 Å². The lowest BCUT2D eigenvalue weighted by atomic mass is 10.1. The molecule has 2 aromatic rings. The Bertz CT molecular complexity index is 832. The first-order valence-corrected chi connectivity index (χ1v) is 9.74. The largest absolute Gasteiger partial charge is 0.461 e. The van der Waals surface area contributed by atoms with Gasteiger partial charge in [-0.1, -0.05) is 49.7 Å². The summed E-state index contributed by atoms with van der Waals surface area (Å²) in [5.41, 5.74) is 1.22. The fourth-order valence-corrected chi connectivity index (χ4v) is 2.76. The zero-order valence-corrected chi connectivity index (χ0v) is 17.5. The van der Waals surface area contributed by atoms with Crippen molar-refractivity contribution in [3.63, 3.8) is 0 Å². The molecular formula is C21H21BrClNO3. The Labute approximate surface area is 172 Å². The number of benzene rings is 2. The number of amides is 1. The highest BCUT2D eigenvalue weighted by atomic mass is 79.9. The van der Waals surface area contributed by atoms with Gasteiger partial charge in [-0.15, -0.1) is 0 Å². The van der Waals surface area contributed by atoms with E-state index in [0.29, 0.717) is 27.6 Å². The Balaban J connectivity index is 2.23. The van der Waals surface area contributed by atoms with E-state index in [2.05, 4.69) is 21.2 Å². The molecule has 0 aliphatic rings. The van der Waals surface area contributed by atoms with E-state index in [9.17, 15) is 9.59 Å². The molecule has 0 heterocycles. The van der Waals surface area contributed by atoms with E-state index >= 15 is 0 Å². The second kappa shape index (κ2) is 10.3. The standard InChI is InChI=1S/C21H21BrClNO3/c1-14(2)11-12-27-21(26)19(13-15-7-9-16(23)10-8-15)24-20(25)17-5-3-4-6-18(17)22/h3-10,13-14H,11-12H2,1-2H3,(H,24,25)/b19-13+. The van der Waals surface area contributed by atoms with Crippen LogP contribution < -0.4 is 5.32 Å². The summed E-state index contributed by atoms with van der Waals surface area (Å²) in [5.74, 6) is -0.564. The molecule has 6 heteroatoms. The molecular weight excluding hydrogens is 430 g/mol.